The molecule has 0 spiro atoms. The maximum Gasteiger partial charge on any atom is 0.177 e. The van der Waals surface area contributed by atoms with E-state index in [9.17, 15) is 0 Å². The van der Waals surface area contributed by atoms with Crippen LogP contribution >= 0.6 is 11.8 Å². The van der Waals surface area contributed by atoms with E-state index in [-0.39, 0.29) is 0 Å². The maximum atomic E-state index is 4.65. The Bertz CT molecular complexity index is 656. The molecule has 1 aromatic heterocycles. The van der Waals surface area contributed by atoms with Crippen molar-refractivity contribution in [2.24, 2.45) is 4.99 Å². The number of thioether (sulfide) groups is 1. The molecule has 0 aliphatic carbocycles. The van der Waals surface area contributed by atoms with E-state index >= 15 is 0 Å². The lowest BCUT2D eigenvalue weighted by Crippen LogP contribution is -2.38. The van der Waals surface area contributed by atoms with Gasteiger partial charge in [0, 0.05) is 24.5 Å². The van der Waals surface area contributed by atoms with Crippen molar-refractivity contribution in [2.45, 2.75) is 19.0 Å². The summed E-state index contributed by atoms with van der Waals surface area (Å²) in [4.78, 5) is 7.05. The predicted octanol–water partition coefficient (Wildman–Crippen LogP) is 2.64. The Kier molecular flexibility index (Phi) is 2.92. The van der Waals surface area contributed by atoms with Crippen LogP contribution in [0.3, 0.4) is 0 Å². The second kappa shape index (κ2) is 4.90. The Morgan fingerprint density at radius 1 is 1.15 bits per heavy atom. The average molecular weight is 282 g/mol. The highest BCUT2D eigenvalue weighted by molar-refractivity contribution is 8.14. The smallest absolute Gasteiger partial charge is 0.177 e. The molecular weight excluding hydrogens is 268 g/mol. The zero-order chi connectivity index (χ0) is 13.4. The first kappa shape index (κ1) is 11.9. The Hall–Kier alpha value is -1.88. The zero-order valence-corrected chi connectivity index (χ0v) is 11.8. The maximum absolute atomic E-state index is 4.65. The summed E-state index contributed by atoms with van der Waals surface area (Å²) >= 11 is 1.82. The van der Waals surface area contributed by atoms with Gasteiger partial charge in [0.25, 0.3) is 0 Å². The Morgan fingerprint density at radius 2 is 2.05 bits per heavy atom. The highest BCUT2D eigenvalue weighted by Crippen LogP contribution is 2.34. The van der Waals surface area contributed by atoms with E-state index in [0.717, 1.165) is 23.9 Å². The minimum absolute atomic E-state index is 0.560. The highest BCUT2D eigenvalue weighted by atomic mass is 32.2. The lowest BCUT2D eigenvalue weighted by Gasteiger charge is -2.32. The van der Waals surface area contributed by atoms with Gasteiger partial charge in [-0.3, -0.25) is 0 Å². The molecule has 4 rings (SSSR count). The summed E-state index contributed by atoms with van der Waals surface area (Å²) in [6.45, 7) is 0.951. The van der Waals surface area contributed by atoms with Crippen molar-refractivity contribution in [1.29, 1.82) is 0 Å². The molecule has 1 saturated heterocycles. The average Bonchev–Trinajstić information content (AvgIpc) is 2.88. The molecule has 2 aliphatic rings. The third-order valence-corrected chi connectivity index (χ3v) is 4.91. The third-order valence-electron chi connectivity index (χ3n) is 3.77. The Morgan fingerprint density at radius 3 is 2.90 bits per heavy atom. The molecule has 3 heterocycles. The molecule has 2 aliphatic heterocycles. The zero-order valence-electron chi connectivity index (χ0n) is 10.9. The number of nitrogens with zero attached hydrogens (tertiary/aromatic N) is 4. The van der Waals surface area contributed by atoms with Crippen molar-refractivity contribution in [1.82, 2.24) is 15.1 Å². The molecule has 1 atom stereocenters. The Balaban J connectivity index is 1.65. The summed E-state index contributed by atoms with van der Waals surface area (Å²) in [5, 5.41) is 9.00. The molecule has 0 bridgehead atoms. The summed E-state index contributed by atoms with van der Waals surface area (Å²) in [6.07, 6.45) is 2.79. The number of rotatable bonds is 1. The van der Waals surface area contributed by atoms with Crippen molar-refractivity contribution in [2.75, 3.05) is 5.75 Å². The molecular formula is C15H14N4S. The summed E-state index contributed by atoms with van der Waals surface area (Å²) in [5.41, 5.74) is 2.90. The monoisotopic (exact) mass is 282 g/mol. The van der Waals surface area contributed by atoms with Gasteiger partial charge in [-0.15, -0.1) is 5.10 Å². The van der Waals surface area contributed by atoms with Gasteiger partial charge in [0.05, 0.1) is 0 Å². The summed E-state index contributed by atoms with van der Waals surface area (Å²) in [5.74, 6) is 1.79. The number of aromatic nitrogens is 2. The lowest BCUT2D eigenvalue weighted by molar-refractivity contribution is 0.320. The molecule has 100 valence electrons. The van der Waals surface area contributed by atoms with E-state index < -0.39 is 0 Å². The predicted molar refractivity (Wildman–Crippen MR) is 81.1 cm³/mol. The van der Waals surface area contributed by atoms with Gasteiger partial charge in [-0.1, -0.05) is 36.0 Å². The molecule has 0 saturated carbocycles. The van der Waals surface area contributed by atoms with Gasteiger partial charge >= 0.3 is 0 Å². The summed E-state index contributed by atoms with van der Waals surface area (Å²) < 4.78 is 0. The second-order valence-electron chi connectivity index (χ2n) is 5.04. The first-order chi connectivity index (χ1) is 9.90. The van der Waals surface area contributed by atoms with Gasteiger partial charge in [0.1, 0.15) is 0 Å². The van der Waals surface area contributed by atoms with Crippen LogP contribution in [0.4, 0.5) is 5.82 Å². The van der Waals surface area contributed by atoms with Crippen LogP contribution in [-0.4, -0.2) is 32.1 Å². The molecule has 1 aromatic carbocycles. The van der Waals surface area contributed by atoms with Gasteiger partial charge in [0.15, 0.2) is 11.0 Å². The van der Waals surface area contributed by atoms with Crippen LogP contribution in [0, 0.1) is 0 Å². The number of hydrogen-bond acceptors (Lipinski definition) is 4. The molecule has 1 fully saturated rings. The molecule has 4 nitrogen and oxygen atoms in total. The van der Waals surface area contributed by atoms with E-state index in [1.54, 1.807) is 6.20 Å². The van der Waals surface area contributed by atoms with Crippen LogP contribution in [0.5, 0.6) is 0 Å². The van der Waals surface area contributed by atoms with E-state index in [1.807, 2.05) is 23.9 Å². The fourth-order valence-electron chi connectivity index (χ4n) is 2.76. The lowest BCUT2D eigenvalue weighted by atomic mass is 9.95. The standard InChI is InChI=1S/C15H14N4S/c1-2-5-12-9-19-13(8-11(12)4-1)10-20-15(19)17-14-6-3-7-16-18-14/h1-7,13H,8-10H2. The second-order valence-corrected chi connectivity index (χ2v) is 6.03. The van der Waals surface area contributed by atoms with E-state index in [1.165, 1.54) is 11.1 Å². The van der Waals surface area contributed by atoms with Crippen LogP contribution < -0.4 is 0 Å². The van der Waals surface area contributed by atoms with E-state index in [0.29, 0.717) is 11.9 Å². The Labute approximate surface area is 121 Å². The van der Waals surface area contributed by atoms with Crippen molar-refractivity contribution < 1.29 is 0 Å². The van der Waals surface area contributed by atoms with Crippen LogP contribution in [0.25, 0.3) is 0 Å². The van der Waals surface area contributed by atoms with E-state index in [4.69, 9.17) is 0 Å². The molecule has 5 heteroatoms. The molecule has 0 radical (unpaired) electrons. The van der Waals surface area contributed by atoms with E-state index in [2.05, 4.69) is 44.4 Å². The molecule has 0 N–H and O–H groups in total. The number of hydrogen-bond donors (Lipinski definition) is 0. The van der Waals surface area contributed by atoms with Crippen molar-refractivity contribution in [3.8, 4) is 0 Å². The van der Waals surface area contributed by atoms with Gasteiger partial charge in [-0.2, -0.15) is 5.10 Å². The molecule has 20 heavy (non-hydrogen) atoms. The van der Waals surface area contributed by atoms with Gasteiger partial charge in [-0.05, 0) is 29.7 Å². The van der Waals surface area contributed by atoms with Crippen molar-refractivity contribution in [3.05, 3.63) is 53.7 Å². The fraction of sp³-hybridized carbons (Fsp3) is 0.267. The first-order valence-corrected chi connectivity index (χ1v) is 7.71. The minimum Gasteiger partial charge on any atom is -0.343 e. The first-order valence-electron chi connectivity index (χ1n) is 6.73. The summed E-state index contributed by atoms with van der Waals surface area (Å²) in [6, 6.07) is 13.0. The SMILES string of the molecule is c1cnnc(N=C2SCC3Cc4ccccc4CN23)c1. The van der Waals surface area contributed by atoms with Gasteiger partial charge in [-0.25, -0.2) is 4.99 Å². The number of benzene rings is 1. The van der Waals surface area contributed by atoms with Crippen LogP contribution in [0.1, 0.15) is 11.1 Å². The van der Waals surface area contributed by atoms with Gasteiger partial charge < -0.3 is 4.90 Å². The molecule has 2 aromatic rings. The van der Waals surface area contributed by atoms with Crippen LogP contribution in [0.15, 0.2) is 47.6 Å². The fourth-order valence-corrected chi connectivity index (χ4v) is 3.94. The third kappa shape index (κ3) is 2.08. The number of aliphatic imine (C=N–C) groups is 1. The quantitative estimate of drug-likeness (QED) is 0.806. The topological polar surface area (TPSA) is 41.4 Å². The van der Waals surface area contributed by atoms with Crippen LogP contribution in [0.2, 0.25) is 0 Å². The normalized spacial score (nSPS) is 22.7. The number of amidine groups is 1. The van der Waals surface area contributed by atoms with Gasteiger partial charge in [0.2, 0.25) is 0 Å². The van der Waals surface area contributed by atoms with Crippen LogP contribution in [-0.2, 0) is 13.0 Å². The van der Waals surface area contributed by atoms with Crippen molar-refractivity contribution >= 4 is 22.7 Å². The highest BCUT2D eigenvalue weighted by Gasteiger charge is 2.34. The largest absolute Gasteiger partial charge is 0.343 e. The summed E-state index contributed by atoms with van der Waals surface area (Å²) in [7, 11) is 0. The number of fused-ring (bicyclic) bond motifs is 2. The molecule has 1 unspecified atom stereocenters. The minimum atomic E-state index is 0.560. The van der Waals surface area contributed by atoms with Crippen molar-refractivity contribution in [3.63, 3.8) is 0 Å². The molecule has 0 amide bonds.